The molecule has 2 aromatic heterocycles. The van der Waals surface area contributed by atoms with Gasteiger partial charge in [0.2, 0.25) is 0 Å². The minimum Gasteiger partial charge on any atom is -0.398 e. The predicted molar refractivity (Wildman–Crippen MR) is 99.2 cm³/mol. The smallest absolute Gasteiger partial charge is 0.398 e. The Kier molecular flexibility index (Phi) is 4.86. The summed E-state index contributed by atoms with van der Waals surface area (Å²) in [5.74, 6) is 0. The van der Waals surface area contributed by atoms with Gasteiger partial charge in [0.15, 0.2) is 0 Å². The van der Waals surface area contributed by atoms with Crippen LogP contribution < -0.4 is 5.56 Å². The lowest BCUT2D eigenvalue weighted by molar-refractivity contribution is 0.00578. The molecule has 0 amide bonds. The third-order valence-electron chi connectivity index (χ3n) is 4.92. The van der Waals surface area contributed by atoms with E-state index >= 15 is 0 Å². The summed E-state index contributed by atoms with van der Waals surface area (Å²) in [4.78, 5) is 16.6. The van der Waals surface area contributed by atoms with Crippen molar-refractivity contribution in [2.45, 2.75) is 45.4 Å². The van der Waals surface area contributed by atoms with Crippen molar-refractivity contribution >= 4 is 13.2 Å². The van der Waals surface area contributed by atoms with Crippen LogP contribution in [0, 0.1) is 0 Å². The third kappa shape index (κ3) is 3.64. The van der Waals surface area contributed by atoms with Gasteiger partial charge >= 0.3 is 7.12 Å². The van der Waals surface area contributed by atoms with Gasteiger partial charge in [-0.1, -0.05) is 0 Å². The van der Waals surface area contributed by atoms with E-state index in [1.165, 1.54) is 10.6 Å². The van der Waals surface area contributed by atoms with Crippen LogP contribution in [-0.2, 0) is 15.9 Å². The number of nitrogens with zero attached hydrogens (tertiary/aromatic N) is 2. The van der Waals surface area contributed by atoms with E-state index in [1.807, 2.05) is 39.8 Å². The van der Waals surface area contributed by atoms with Gasteiger partial charge in [-0.15, -0.1) is 0 Å². The van der Waals surface area contributed by atoms with Gasteiger partial charge in [0.25, 0.3) is 5.56 Å². The standard InChI is InChI=1S/C19H22BFN2O3/c1-18(2)19(3,4)26-20(25-18)16(21)12-15-6-5-11-23(17(15)24)13-14-7-9-22-10-8-14/h5-12H,13H2,1-4H3. The molecule has 26 heavy (non-hydrogen) atoms. The van der Waals surface area contributed by atoms with Crippen LogP contribution in [0.4, 0.5) is 4.39 Å². The molecule has 0 radical (unpaired) electrons. The SMILES string of the molecule is CC1(C)OB(C(F)=Cc2cccn(Cc3ccncc3)c2=O)OC1(C)C. The van der Waals surface area contributed by atoms with Gasteiger partial charge in [-0.2, -0.15) is 0 Å². The molecule has 3 rings (SSSR count). The van der Waals surface area contributed by atoms with Gasteiger partial charge in [0, 0.05) is 24.2 Å². The van der Waals surface area contributed by atoms with Crippen molar-refractivity contribution < 1.29 is 13.7 Å². The Morgan fingerprint density at radius 3 is 2.42 bits per heavy atom. The quantitative estimate of drug-likeness (QED) is 0.790. The summed E-state index contributed by atoms with van der Waals surface area (Å²) in [5, 5.41) is 0. The fraction of sp³-hybridized carbons (Fsp3) is 0.368. The van der Waals surface area contributed by atoms with Gasteiger partial charge in [0.05, 0.1) is 17.7 Å². The van der Waals surface area contributed by atoms with Gasteiger partial charge in [0.1, 0.15) is 5.73 Å². The average Bonchev–Trinajstić information content (AvgIpc) is 2.80. The molecule has 1 aliphatic heterocycles. The summed E-state index contributed by atoms with van der Waals surface area (Å²) in [6.45, 7) is 7.80. The Balaban J connectivity index is 1.85. The predicted octanol–water partition coefficient (Wildman–Crippen LogP) is 3.23. The highest BCUT2D eigenvalue weighted by atomic mass is 19.1. The molecular weight excluding hydrogens is 334 g/mol. The Morgan fingerprint density at radius 1 is 1.19 bits per heavy atom. The minimum atomic E-state index is -1.12. The first kappa shape index (κ1) is 18.5. The number of hydrogen-bond donors (Lipinski definition) is 0. The molecule has 1 saturated heterocycles. The monoisotopic (exact) mass is 356 g/mol. The number of halogens is 1. The molecule has 0 atom stereocenters. The highest BCUT2D eigenvalue weighted by molar-refractivity contribution is 6.54. The molecule has 5 nitrogen and oxygen atoms in total. The highest BCUT2D eigenvalue weighted by Crippen LogP contribution is 2.38. The summed E-state index contributed by atoms with van der Waals surface area (Å²) in [5.41, 5.74) is -0.996. The molecule has 0 aliphatic carbocycles. The first-order chi connectivity index (χ1) is 12.2. The van der Waals surface area contributed by atoms with Crippen molar-refractivity contribution in [3.63, 3.8) is 0 Å². The molecule has 1 aliphatic rings. The number of hydrogen-bond acceptors (Lipinski definition) is 4. The molecule has 1 fully saturated rings. The number of aromatic nitrogens is 2. The molecule has 7 heteroatoms. The maximum Gasteiger partial charge on any atom is 0.525 e. The molecule has 0 bridgehead atoms. The molecule has 136 valence electrons. The molecule has 3 heterocycles. The largest absolute Gasteiger partial charge is 0.525 e. The fourth-order valence-corrected chi connectivity index (χ4v) is 2.65. The van der Waals surface area contributed by atoms with Crippen LogP contribution in [0.3, 0.4) is 0 Å². The van der Waals surface area contributed by atoms with Crippen LogP contribution in [0.5, 0.6) is 0 Å². The molecule has 0 unspecified atom stereocenters. The molecule has 0 N–H and O–H groups in total. The first-order valence-electron chi connectivity index (χ1n) is 8.51. The van der Waals surface area contributed by atoms with Crippen LogP contribution >= 0.6 is 0 Å². The van der Waals surface area contributed by atoms with Gasteiger partial charge in [-0.25, -0.2) is 4.39 Å². The number of pyridine rings is 2. The van der Waals surface area contributed by atoms with Crippen LogP contribution in [-0.4, -0.2) is 27.9 Å². The lowest BCUT2D eigenvalue weighted by Gasteiger charge is -2.32. The van der Waals surface area contributed by atoms with Gasteiger partial charge < -0.3 is 13.9 Å². The second-order valence-corrected chi connectivity index (χ2v) is 7.37. The second kappa shape index (κ2) is 6.81. The maximum absolute atomic E-state index is 14.7. The van der Waals surface area contributed by atoms with E-state index in [1.54, 1.807) is 30.7 Å². The zero-order valence-electron chi connectivity index (χ0n) is 15.4. The van der Waals surface area contributed by atoms with Crippen LogP contribution in [0.25, 0.3) is 6.08 Å². The van der Waals surface area contributed by atoms with E-state index in [0.29, 0.717) is 6.54 Å². The maximum atomic E-state index is 14.7. The summed E-state index contributed by atoms with van der Waals surface area (Å²) >= 11 is 0. The average molecular weight is 356 g/mol. The normalized spacial score (nSPS) is 19.0. The van der Waals surface area contributed by atoms with E-state index in [2.05, 4.69) is 4.98 Å². The van der Waals surface area contributed by atoms with Crippen molar-refractivity contribution in [1.29, 1.82) is 0 Å². The zero-order chi connectivity index (χ0) is 18.9. The minimum absolute atomic E-state index is 0.244. The summed E-state index contributed by atoms with van der Waals surface area (Å²) in [6, 6.07) is 6.96. The van der Waals surface area contributed by atoms with E-state index in [4.69, 9.17) is 9.31 Å². The summed E-state index contributed by atoms with van der Waals surface area (Å²) < 4.78 is 27.6. The Labute approximate surface area is 152 Å². The van der Waals surface area contributed by atoms with Crippen molar-refractivity contribution in [1.82, 2.24) is 9.55 Å². The van der Waals surface area contributed by atoms with Crippen molar-refractivity contribution in [3.8, 4) is 0 Å². The van der Waals surface area contributed by atoms with Crippen LogP contribution in [0.15, 0.2) is 53.4 Å². The van der Waals surface area contributed by atoms with E-state index in [-0.39, 0.29) is 11.1 Å². The topological polar surface area (TPSA) is 53.4 Å². The molecule has 0 spiro atoms. The van der Waals surface area contributed by atoms with Gasteiger partial charge in [-0.3, -0.25) is 9.78 Å². The lowest BCUT2D eigenvalue weighted by Crippen LogP contribution is -2.41. The Morgan fingerprint density at radius 2 is 1.81 bits per heavy atom. The van der Waals surface area contributed by atoms with Crippen molar-refractivity contribution in [2.75, 3.05) is 0 Å². The molecule has 0 saturated carbocycles. The number of rotatable bonds is 4. The van der Waals surface area contributed by atoms with Crippen LogP contribution in [0.2, 0.25) is 0 Å². The molecular formula is C19H22BFN2O3. The lowest BCUT2D eigenvalue weighted by atomic mass is 9.87. The Bertz CT molecular complexity index is 862. The molecule has 0 aromatic carbocycles. The first-order valence-corrected chi connectivity index (χ1v) is 8.51. The van der Waals surface area contributed by atoms with E-state index in [0.717, 1.165) is 5.56 Å². The Hall–Kier alpha value is -2.25. The molecule has 2 aromatic rings. The fourth-order valence-electron chi connectivity index (χ4n) is 2.65. The summed E-state index contributed by atoms with van der Waals surface area (Å²) in [6.07, 6.45) is 6.20. The van der Waals surface area contributed by atoms with Crippen molar-refractivity contribution in [3.05, 3.63) is 70.1 Å². The van der Waals surface area contributed by atoms with E-state index in [9.17, 15) is 9.18 Å². The third-order valence-corrected chi connectivity index (χ3v) is 4.92. The summed E-state index contributed by atoms with van der Waals surface area (Å²) in [7, 11) is -1.12. The van der Waals surface area contributed by atoms with Crippen molar-refractivity contribution in [2.24, 2.45) is 0 Å². The highest BCUT2D eigenvalue weighted by Gasteiger charge is 2.53. The van der Waals surface area contributed by atoms with E-state index < -0.39 is 24.0 Å². The van der Waals surface area contributed by atoms with Gasteiger partial charge in [-0.05, 0) is 63.6 Å². The van der Waals surface area contributed by atoms with Crippen LogP contribution in [0.1, 0.15) is 38.8 Å². The second-order valence-electron chi connectivity index (χ2n) is 7.37. The zero-order valence-corrected chi connectivity index (χ0v) is 15.4.